The van der Waals surface area contributed by atoms with Crippen LogP contribution in [-0.2, 0) is 18.4 Å². The zero-order chi connectivity index (χ0) is 52.0. The lowest BCUT2D eigenvalue weighted by molar-refractivity contribution is -0.870. The highest BCUT2D eigenvalue weighted by Crippen LogP contribution is 2.38. The molecule has 0 aliphatic rings. The third kappa shape index (κ3) is 56.0. The molecule has 0 aromatic heterocycles. The van der Waals surface area contributed by atoms with E-state index in [0.29, 0.717) is 17.4 Å². The highest BCUT2D eigenvalue weighted by molar-refractivity contribution is 7.45. The molecule has 0 saturated carbocycles. The minimum atomic E-state index is -4.60. The van der Waals surface area contributed by atoms with Crippen LogP contribution in [0.5, 0.6) is 0 Å². The SMILES string of the molecule is CCCCCCCC/C=C/CC/C=C/C(O)C(COP(=O)([O-])OCC[N+](C)(C)C)NC(=O)CCCCCCCCCCCCCCCCCCC/C=C\C/C=C\CCCCCCCCCCCCCCC. The number of carbonyl (C=O) groups is 1. The van der Waals surface area contributed by atoms with E-state index in [-0.39, 0.29) is 12.5 Å². The summed E-state index contributed by atoms with van der Waals surface area (Å²) in [6, 6.07) is -0.902. The number of hydrogen-bond acceptors (Lipinski definition) is 6. The molecule has 0 spiro atoms. The predicted octanol–water partition coefficient (Wildman–Crippen LogP) is 18.1. The average Bonchev–Trinajstić information content (AvgIpc) is 3.33. The second-order valence-electron chi connectivity index (χ2n) is 22.0. The van der Waals surface area contributed by atoms with Crippen molar-refractivity contribution in [3.05, 3.63) is 48.6 Å². The van der Waals surface area contributed by atoms with Gasteiger partial charge in [0.2, 0.25) is 5.91 Å². The van der Waals surface area contributed by atoms with Crippen LogP contribution in [0.3, 0.4) is 0 Å². The number of phosphoric acid groups is 1. The second-order valence-corrected chi connectivity index (χ2v) is 23.5. The summed E-state index contributed by atoms with van der Waals surface area (Å²) in [7, 11) is 1.25. The molecule has 0 aliphatic carbocycles. The van der Waals surface area contributed by atoms with Crippen molar-refractivity contribution in [2.45, 2.75) is 302 Å². The van der Waals surface area contributed by atoms with E-state index in [2.05, 4.69) is 55.6 Å². The zero-order valence-corrected chi connectivity index (χ0v) is 48.6. The molecule has 418 valence electrons. The van der Waals surface area contributed by atoms with Crippen LogP contribution in [0.25, 0.3) is 0 Å². The second kappa shape index (κ2) is 53.3. The molecule has 3 atom stereocenters. The molecule has 0 rings (SSSR count). The van der Waals surface area contributed by atoms with E-state index in [4.69, 9.17) is 9.05 Å². The number of allylic oxidation sites excluding steroid dienone is 7. The Balaban J connectivity index is 3.93. The Morgan fingerprint density at radius 3 is 1.23 bits per heavy atom. The summed E-state index contributed by atoms with van der Waals surface area (Å²) in [5.74, 6) is -0.206. The van der Waals surface area contributed by atoms with E-state index in [1.54, 1.807) is 6.08 Å². The molecule has 0 aromatic rings. The van der Waals surface area contributed by atoms with Crippen molar-refractivity contribution >= 4 is 13.7 Å². The molecule has 8 nitrogen and oxygen atoms in total. The van der Waals surface area contributed by atoms with Crippen LogP contribution < -0.4 is 10.2 Å². The highest BCUT2D eigenvalue weighted by atomic mass is 31.2. The van der Waals surface area contributed by atoms with Crippen molar-refractivity contribution in [1.82, 2.24) is 5.32 Å². The molecule has 0 aliphatic heterocycles. The van der Waals surface area contributed by atoms with Crippen LogP contribution >= 0.6 is 7.82 Å². The summed E-state index contributed by atoms with van der Waals surface area (Å²) < 4.78 is 23.3. The Kier molecular flexibility index (Phi) is 52.1. The van der Waals surface area contributed by atoms with E-state index in [0.717, 1.165) is 44.9 Å². The molecule has 0 fully saturated rings. The molecule has 0 radical (unpaired) electrons. The smallest absolute Gasteiger partial charge is 0.268 e. The van der Waals surface area contributed by atoms with E-state index in [9.17, 15) is 19.4 Å². The van der Waals surface area contributed by atoms with Gasteiger partial charge in [0, 0.05) is 6.42 Å². The number of rotatable bonds is 56. The monoisotopic (exact) mass is 1020 g/mol. The van der Waals surface area contributed by atoms with Gasteiger partial charge in [-0.1, -0.05) is 268 Å². The number of nitrogens with one attached hydrogen (secondary N) is 1. The maximum atomic E-state index is 12.9. The molecule has 71 heavy (non-hydrogen) atoms. The number of unbranched alkanes of at least 4 members (excludes halogenated alkanes) is 37. The van der Waals surface area contributed by atoms with Crippen molar-refractivity contribution in [1.29, 1.82) is 0 Å². The van der Waals surface area contributed by atoms with Gasteiger partial charge in [-0.15, -0.1) is 0 Å². The summed E-state index contributed by atoms with van der Waals surface area (Å²) in [4.78, 5) is 25.4. The van der Waals surface area contributed by atoms with Gasteiger partial charge in [-0.3, -0.25) is 9.36 Å². The first-order chi connectivity index (χ1) is 34.5. The molecule has 0 aromatic carbocycles. The average molecular weight is 1020 g/mol. The summed E-state index contributed by atoms with van der Waals surface area (Å²) in [5, 5.41) is 13.8. The Labute approximate surface area is 441 Å². The molecule has 9 heteroatoms. The van der Waals surface area contributed by atoms with Gasteiger partial charge >= 0.3 is 0 Å². The zero-order valence-electron chi connectivity index (χ0n) is 47.7. The van der Waals surface area contributed by atoms with Crippen molar-refractivity contribution in [3.63, 3.8) is 0 Å². The summed E-state index contributed by atoms with van der Waals surface area (Å²) in [5.41, 5.74) is 0. The maximum absolute atomic E-state index is 12.9. The number of aliphatic hydroxyl groups excluding tert-OH is 1. The van der Waals surface area contributed by atoms with Gasteiger partial charge in [0.15, 0.2) is 0 Å². The Hall–Kier alpha value is -1.54. The van der Waals surface area contributed by atoms with Crippen LogP contribution in [0.1, 0.15) is 290 Å². The van der Waals surface area contributed by atoms with Crippen molar-refractivity contribution in [2.24, 2.45) is 0 Å². The number of aliphatic hydroxyl groups is 1. The van der Waals surface area contributed by atoms with Gasteiger partial charge in [-0.2, -0.15) is 0 Å². The lowest BCUT2D eigenvalue weighted by Crippen LogP contribution is -2.45. The fourth-order valence-electron chi connectivity index (χ4n) is 8.97. The number of likely N-dealkylation sites (N-methyl/N-ethyl adjacent to an activating group) is 1. The largest absolute Gasteiger partial charge is 0.756 e. The molecule has 2 N–H and O–H groups in total. The predicted molar refractivity (Wildman–Crippen MR) is 307 cm³/mol. The minimum Gasteiger partial charge on any atom is -0.756 e. The van der Waals surface area contributed by atoms with Crippen molar-refractivity contribution in [3.8, 4) is 0 Å². The number of nitrogens with zero attached hydrogens (tertiary/aromatic N) is 1. The Morgan fingerprint density at radius 2 is 0.831 bits per heavy atom. The maximum Gasteiger partial charge on any atom is 0.268 e. The van der Waals surface area contributed by atoms with Crippen molar-refractivity contribution < 1.29 is 32.9 Å². The van der Waals surface area contributed by atoms with Crippen molar-refractivity contribution in [2.75, 3.05) is 40.9 Å². The third-order valence-electron chi connectivity index (χ3n) is 13.8. The highest BCUT2D eigenvalue weighted by Gasteiger charge is 2.23. The molecule has 0 saturated heterocycles. The minimum absolute atomic E-state index is 0.00630. The first-order valence-corrected chi connectivity index (χ1v) is 32.0. The van der Waals surface area contributed by atoms with Gasteiger partial charge in [-0.05, 0) is 64.2 Å². The van der Waals surface area contributed by atoms with Gasteiger partial charge in [0.1, 0.15) is 13.2 Å². The number of hydrogen-bond donors (Lipinski definition) is 2. The van der Waals surface area contributed by atoms with E-state index in [1.165, 1.54) is 225 Å². The molecule has 0 bridgehead atoms. The van der Waals surface area contributed by atoms with Crippen LogP contribution in [0.2, 0.25) is 0 Å². The number of carbonyl (C=O) groups excluding carboxylic acids is 1. The lowest BCUT2D eigenvalue weighted by Gasteiger charge is -2.29. The van der Waals surface area contributed by atoms with E-state index >= 15 is 0 Å². The number of phosphoric ester groups is 1. The molecule has 3 unspecified atom stereocenters. The van der Waals surface area contributed by atoms with Crippen LogP contribution in [0, 0.1) is 0 Å². The van der Waals surface area contributed by atoms with Crippen LogP contribution in [0.4, 0.5) is 0 Å². The van der Waals surface area contributed by atoms with Crippen LogP contribution in [0.15, 0.2) is 48.6 Å². The van der Waals surface area contributed by atoms with E-state index < -0.39 is 26.6 Å². The lowest BCUT2D eigenvalue weighted by atomic mass is 10.0. The fourth-order valence-corrected chi connectivity index (χ4v) is 9.69. The van der Waals surface area contributed by atoms with Crippen LogP contribution in [-0.4, -0.2) is 68.5 Å². The topological polar surface area (TPSA) is 108 Å². The first-order valence-electron chi connectivity index (χ1n) is 30.5. The quantitative estimate of drug-likeness (QED) is 0.0272. The molecular weight excluding hydrogens is 900 g/mol. The third-order valence-corrected chi connectivity index (χ3v) is 14.7. The molecule has 1 amide bonds. The Bertz CT molecular complexity index is 1290. The molecule has 0 heterocycles. The van der Waals surface area contributed by atoms with Gasteiger partial charge in [0.05, 0.1) is 39.9 Å². The fraction of sp³-hybridized carbons (Fsp3) is 0.855. The van der Waals surface area contributed by atoms with Gasteiger partial charge in [0.25, 0.3) is 7.82 Å². The normalized spacial score (nSPS) is 14.2. The summed E-state index contributed by atoms with van der Waals surface area (Å²) >= 11 is 0. The summed E-state index contributed by atoms with van der Waals surface area (Å²) in [6.45, 7) is 4.63. The molecular formula is C62H119N2O6P. The first kappa shape index (κ1) is 69.5. The number of amides is 1. The summed E-state index contributed by atoms with van der Waals surface area (Å²) in [6.07, 6.45) is 70.9. The van der Waals surface area contributed by atoms with Gasteiger partial charge in [-0.25, -0.2) is 0 Å². The Morgan fingerprint density at radius 1 is 0.493 bits per heavy atom. The van der Waals surface area contributed by atoms with E-state index in [1.807, 2.05) is 27.2 Å². The number of quaternary nitrogens is 1. The standard InChI is InChI=1S/C62H119N2O6P/c1-6-8-10-12-14-16-18-20-21-22-23-24-25-26-27-28-29-30-31-32-33-34-35-36-37-38-39-40-41-42-43-44-46-48-50-52-54-56-62(66)63-60(59-70-71(67,68)69-58-57-64(3,4)5)61(65)55-53-51-49-47-45-19-17-15-13-11-9-7-2/h27-28,30-31,45,47,53,55,60-61,65H,6-26,29,32-44,46,48-52,54,56-59H2,1-5H3,(H-,63,66,67,68)/b28-27-,31-30-,47-45+,55-53+. The van der Waals surface area contributed by atoms with Gasteiger partial charge < -0.3 is 28.8 Å².